The third-order valence-electron chi connectivity index (χ3n) is 1.84. The van der Waals surface area contributed by atoms with Gasteiger partial charge in [-0.05, 0) is 24.8 Å². The smallest absolute Gasteiger partial charge is 0.0244 e. The molecular formula is C12H16. The Morgan fingerprint density at radius 1 is 1.42 bits per heavy atom. The van der Waals surface area contributed by atoms with E-state index in [1.54, 1.807) is 0 Å². The number of rotatable bonds is 3. The van der Waals surface area contributed by atoms with Gasteiger partial charge in [0.15, 0.2) is 0 Å². The van der Waals surface area contributed by atoms with E-state index in [0.717, 1.165) is 6.42 Å². The Kier molecular flexibility index (Phi) is 4.22. The van der Waals surface area contributed by atoms with Crippen molar-refractivity contribution >= 4 is 0 Å². The molecule has 1 aliphatic carbocycles. The molecule has 0 aromatic heterocycles. The fraction of sp³-hybridized carbons (Fsp3) is 0.333. The van der Waals surface area contributed by atoms with E-state index in [1.807, 2.05) is 0 Å². The number of hydrogen-bond acceptors (Lipinski definition) is 0. The lowest BCUT2D eigenvalue weighted by Gasteiger charge is -2.01. The predicted molar refractivity (Wildman–Crippen MR) is 55.0 cm³/mol. The first-order valence-electron chi connectivity index (χ1n) is 4.62. The number of hydrogen-bond donors (Lipinski definition) is 0. The SMILES string of the molecule is CCC=CC=CC1=CC=CCC1. The highest BCUT2D eigenvalue weighted by Crippen LogP contribution is 2.12. The summed E-state index contributed by atoms with van der Waals surface area (Å²) in [5.41, 5.74) is 1.43. The third-order valence-corrected chi connectivity index (χ3v) is 1.84. The molecule has 0 bridgehead atoms. The van der Waals surface area contributed by atoms with Crippen LogP contribution >= 0.6 is 0 Å². The Morgan fingerprint density at radius 3 is 3.00 bits per heavy atom. The van der Waals surface area contributed by atoms with Gasteiger partial charge in [-0.3, -0.25) is 0 Å². The second-order valence-corrected chi connectivity index (χ2v) is 2.90. The van der Waals surface area contributed by atoms with Crippen LogP contribution in [0.15, 0.2) is 48.1 Å². The van der Waals surface area contributed by atoms with Crippen LogP contribution in [0.5, 0.6) is 0 Å². The highest BCUT2D eigenvalue weighted by atomic mass is 14.0. The topological polar surface area (TPSA) is 0 Å². The molecule has 0 fully saturated rings. The summed E-state index contributed by atoms with van der Waals surface area (Å²) in [6, 6.07) is 0. The van der Waals surface area contributed by atoms with Gasteiger partial charge >= 0.3 is 0 Å². The summed E-state index contributed by atoms with van der Waals surface area (Å²) in [6.07, 6.45) is 18.6. The number of allylic oxidation sites excluding steroid dienone is 8. The maximum absolute atomic E-state index is 2.21. The van der Waals surface area contributed by atoms with E-state index in [9.17, 15) is 0 Å². The standard InChI is InChI=1S/C12H16/c1-2-3-4-6-9-12-10-7-5-8-11-12/h3-7,9-10H,2,8,11H2,1H3. The van der Waals surface area contributed by atoms with Crippen LogP contribution < -0.4 is 0 Å². The van der Waals surface area contributed by atoms with Gasteiger partial charge in [0.1, 0.15) is 0 Å². The molecular weight excluding hydrogens is 144 g/mol. The Balaban J connectivity index is 2.39. The van der Waals surface area contributed by atoms with Gasteiger partial charge in [0.25, 0.3) is 0 Å². The van der Waals surface area contributed by atoms with E-state index in [1.165, 1.54) is 18.4 Å². The Hall–Kier alpha value is -1.04. The lowest BCUT2D eigenvalue weighted by molar-refractivity contribution is 0.991. The Labute approximate surface area is 75.0 Å². The molecule has 0 aliphatic heterocycles. The van der Waals surface area contributed by atoms with Gasteiger partial charge in [-0.1, -0.05) is 49.5 Å². The van der Waals surface area contributed by atoms with Gasteiger partial charge in [-0.25, -0.2) is 0 Å². The van der Waals surface area contributed by atoms with Gasteiger partial charge in [-0.15, -0.1) is 0 Å². The van der Waals surface area contributed by atoms with Crippen molar-refractivity contribution in [2.75, 3.05) is 0 Å². The first-order valence-corrected chi connectivity index (χ1v) is 4.62. The maximum Gasteiger partial charge on any atom is -0.0244 e. The normalized spacial score (nSPS) is 17.6. The van der Waals surface area contributed by atoms with E-state index < -0.39 is 0 Å². The molecule has 0 saturated carbocycles. The van der Waals surface area contributed by atoms with Crippen molar-refractivity contribution < 1.29 is 0 Å². The summed E-state index contributed by atoms with van der Waals surface area (Å²) in [7, 11) is 0. The van der Waals surface area contributed by atoms with E-state index in [2.05, 4.69) is 49.5 Å². The average Bonchev–Trinajstić information content (AvgIpc) is 2.14. The first kappa shape index (κ1) is 9.05. The molecule has 0 atom stereocenters. The quantitative estimate of drug-likeness (QED) is 0.551. The van der Waals surface area contributed by atoms with Crippen molar-refractivity contribution in [1.82, 2.24) is 0 Å². The van der Waals surface area contributed by atoms with Crippen LogP contribution in [0.1, 0.15) is 26.2 Å². The fourth-order valence-electron chi connectivity index (χ4n) is 1.15. The minimum absolute atomic E-state index is 1.11. The van der Waals surface area contributed by atoms with E-state index in [4.69, 9.17) is 0 Å². The highest BCUT2D eigenvalue weighted by molar-refractivity contribution is 5.28. The zero-order chi connectivity index (χ0) is 8.65. The van der Waals surface area contributed by atoms with E-state index >= 15 is 0 Å². The largest absolute Gasteiger partial charge is 0.0848 e. The Morgan fingerprint density at radius 2 is 2.33 bits per heavy atom. The van der Waals surface area contributed by atoms with Gasteiger partial charge in [0.2, 0.25) is 0 Å². The molecule has 0 aromatic carbocycles. The summed E-state index contributed by atoms with van der Waals surface area (Å²) in [5, 5.41) is 0. The lowest BCUT2D eigenvalue weighted by Crippen LogP contribution is -1.81. The van der Waals surface area contributed by atoms with Gasteiger partial charge in [-0.2, -0.15) is 0 Å². The summed E-state index contributed by atoms with van der Waals surface area (Å²) < 4.78 is 0. The molecule has 0 N–H and O–H groups in total. The minimum Gasteiger partial charge on any atom is -0.0848 e. The van der Waals surface area contributed by atoms with Gasteiger partial charge in [0.05, 0.1) is 0 Å². The van der Waals surface area contributed by atoms with Crippen LogP contribution in [-0.4, -0.2) is 0 Å². The summed E-state index contributed by atoms with van der Waals surface area (Å²) in [4.78, 5) is 0. The molecule has 1 aliphatic rings. The molecule has 1 rings (SSSR count). The third kappa shape index (κ3) is 3.38. The zero-order valence-electron chi connectivity index (χ0n) is 7.66. The second kappa shape index (κ2) is 5.59. The van der Waals surface area contributed by atoms with Crippen LogP contribution in [0.3, 0.4) is 0 Å². The molecule has 64 valence electrons. The fourth-order valence-corrected chi connectivity index (χ4v) is 1.15. The second-order valence-electron chi connectivity index (χ2n) is 2.90. The molecule has 0 nitrogen and oxygen atoms in total. The van der Waals surface area contributed by atoms with Crippen molar-refractivity contribution in [2.45, 2.75) is 26.2 Å². The molecule has 0 spiro atoms. The summed E-state index contributed by atoms with van der Waals surface area (Å²) in [6.45, 7) is 2.15. The van der Waals surface area contributed by atoms with Gasteiger partial charge < -0.3 is 0 Å². The van der Waals surface area contributed by atoms with Crippen LogP contribution in [0.25, 0.3) is 0 Å². The van der Waals surface area contributed by atoms with Crippen LogP contribution in [0.4, 0.5) is 0 Å². The average molecular weight is 160 g/mol. The monoisotopic (exact) mass is 160 g/mol. The van der Waals surface area contributed by atoms with Crippen molar-refractivity contribution in [1.29, 1.82) is 0 Å². The molecule has 0 unspecified atom stereocenters. The molecule has 0 heterocycles. The molecule has 0 saturated heterocycles. The summed E-state index contributed by atoms with van der Waals surface area (Å²) >= 11 is 0. The van der Waals surface area contributed by atoms with E-state index in [-0.39, 0.29) is 0 Å². The summed E-state index contributed by atoms with van der Waals surface area (Å²) in [5.74, 6) is 0. The molecule has 0 amide bonds. The first-order chi connectivity index (χ1) is 5.93. The van der Waals surface area contributed by atoms with Crippen molar-refractivity contribution in [3.63, 3.8) is 0 Å². The van der Waals surface area contributed by atoms with E-state index in [0.29, 0.717) is 0 Å². The van der Waals surface area contributed by atoms with Gasteiger partial charge in [0, 0.05) is 0 Å². The zero-order valence-corrected chi connectivity index (χ0v) is 7.66. The van der Waals surface area contributed by atoms with Crippen LogP contribution in [0.2, 0.25) is 0 Å². The van der Waals surface area contributed by atoms with Crippen LogP contribution in [0, 0.1) is 0 Å². The van der Waals surface area contributed by atoms with Crippen molar-refractivity contribution in [3.8, 4) is 0 Å². The van der Waals surface area contributed by atoms with Crippen molar-refractivity contribution in [2.24, 2.45) is 0 Å². The van der Waals surface area contributed by atoms with Crippen LogP contribution in [-0.2, 0) is 0 Å². The Bertz CT molecular complexity index is 226. The van der Waals surface area contributed by atoms with Crippen molar-refractivity contribution in [3.05, 3.63) is 48.1 Å². The maximum atomic E-state index is 2.21. The highest BCUT2D eigenvalue weighted by Gasteiger charge is 1.92. The predicted octanol–water partition coefficient (Wildman–Crippen LogP) is 3.79. The molecule has 0 radical (unpaired) electrons. The molecule has 0 heteroatoms. The molecule has 0 aromatic rings. The molecule has 12 heavy (non-hydrogen) atoms. The minimum atomic E-state index is 1.11. The lowest BCUT2D eigenvalue weighted by atomic mass is 10.1.